The molecule has 1 aliphatic carbocycles. The second-order valence-corrected chi connectivity index (χ2v) is 6.44. The Balaban J connectivity index is 1.91. The predicted molar refractivity (Wildman–Crippen MR) is 75.3 cm³/mol. The number of hydrogen-bond acceptors (Lipinski definition) is 5. The molecule has 1 aliphatic rings. The molecule has 98 valence electrons. The smallest absolute Gasteiger partial charge is 0.313 e. The monoisotopic (exact) mass is 293 g/mol. The molecule has 4 nitrogen and oxygen atoms in total. The summed E-state index contributed by atoms with van der Waals surface area (Å²) in [6.45, 7) is 0. The standard InChI is InChI=1S/C13H11NO3S2/c1-17-8-3-2-7-4-10-12(9(7)5-8)14-13(19-10)18-6-11(15)16/h2-3,5H,4,6H2,1H3,(H,15,16). The van der Waals surface area contributed by atoms with Crippen LogP contribution in [0, 0.1) is 0 Å². The van der Waals surface area contributed by atoms with Crippen LogP contribution in [0.3, 0.4) is 0 Å². The summed E-state index contributed by atoms with van der Waals surface area (Å²) in [5.74, 6) is 0.0546. The molecule has 0 aliphatic heterocycles. The van der Waals surface area contributed by atoms with Crippen LogP contribution in [0.15, 0.2) is 22.5 Å². The Morgan fingerprint density at radius 3 is 3.16 bits per heavy atom. The Morgan fingerprint density at radius 2 is 2.42 bits per heavy atom. The molecule has 0 radical (unpaired) electrons. The van der Waals surface area contributed by atoms with Crippen LogP contribution in [0.1, 0.15) is 10.4 Å². The minimum absolute atomic E-state index is 0.0529. The maximum atomic E-state index is 10.6. The molecule has 0 saturated carbocycles. The van der Waals surface area contributed by atoms with E-state index in [1.54, 1.807) is 18.4 Å². The van der Waals surface area contributed by atoms with Crippen molar-refractivity contribution in [2.45, 2.75) is 10.8 Å². The zero-order valence-electron chi connectivity index (χ0n) is 10.2. The van der Waals surface area contributed by atoms with Crippen molar-refractivity contribution < 1.29 is 14.6 Å². The summed E-state index contributed by atoms with van der Waals surface area (Å²) < 4.78 is 6.05. The van der Waals surface area contributed by atoms with Crippen LogP contribution in [0.2, 0.25) is 0 Å². The number of methoxy groups -OCH3 is 1. The first-order valence-corrected chi connectivity index (χ1v) is 7.49. The van der Waals surface area contributed by atoms with Crippen LogP contribution < -0.4 is 4.74 Å². The van der Waals surface area contributed by atoms with E-state index in [-0.39, 0.29) is 5.75 Å². The molecule has 1 N–H and O–H groups in total. The number of nitrogens with zero attached hydrogens (tertiary/aromatic N) is 1. The van der Waals surface area contributed by atoms with Crippen molar-refractivity contribution >= 4 is 29.1 Å². The molecular weight excluding hydrogens is 282 g/mol. The van der Waals surface area contributed by atoms with Crippen LogP contribution in [-0.2, 0) is 11.2 Å². The lowest BCUT2D eigenvalue weighted by Crippen LogP contribution is -1.97. The van der Waals surface area contributed by atoms with Crippen molar-refractivity contribution in [2.75, 3.05) is 12.9 Å². The van der Waals surface area contributed by atoms with Crippen LogP contribution in [-0.4, -0.2) is 28.9 Å². The minimum atomic E-state index is -0.817. The molecule has 0 saturated heterocycles. The quantitative estimate of drug-likeness (QED) is 0.749. The fourth-order valence-corrected chi connectivity index (χ4v) is 4.02. The molecule has 0 atom stereocenters. The SMILES string of the molecule is COc1ccc2c(c1)-c1nc(SCC(=O)O)sc1C2. The third-order valence-electron chi connectivity index (χ3n) is 2.92. The van der Waals surface area contributed by atoms with E-state index in [1.165, 1.54) is 22.2 Å². The predicted octanol–water partition coefficient (Wildman–Crippen LogP) is 2.90. The Bertz CT molecular complexity index is 651. The van der Waals surface area contributed by atoms with Gasteiger partial charge in [-0.1, -0.05) is 17.8 Å². The lowest BCUT2D eigenvalue weighted by molar-refractivity contribution is -0.133. The van der Waals surface area contributed by atoms with Gasteiger partial charge in [-0.15, -0.1) is 11.3 Å². The zero-order valence-corrected chi connectivity index (χ0v) is 11.8. The van der Waals surface area contributed by atoms with Gasteiger partial charge in [0.15, 0.2) is 4.34 Å². The maximum Gasteiger partial charge on any atom is 0.313 e. The molecule has 0 spiro atoms. The normalized spacial score (nSPS) is 12.1. The summed E-state index contributed by atoms with van der Waals surface area (Å²) in [5, 5.41) is 8.69. The second kappa shape index (κ2) is 4.86. The van der Waals surface area contributed by atoms with Gasteiger partial charge in [0.25, 0.3) is 0 Å². The Labute approximate surface area is 118 Å². The van der Waals surface area contributed by atoms with E-state index >= 15 is 0 Å². The number of aromatic nitrogens is 1. The molecule has 1 aromatic carbocycles. The third-order valence-corrected chi connectivity index (χ3v) is 5.10. The fraction of sp³-hybridized carbons (Fsp3) is 0.231. The highest BCUT2D eigenvalue weighted by Gasteiger charge is 2.24. The van der Waals surface area contributed by atoms with E-state index in [0.717, 1.165) is 27.8 Å². The largest absolute Gasteiger partial charge is 0.497 e. The molecular formula is C13H11NO3S2. The average Bonchev–Trinajstić information content (AvgIpc) is 2.92. The van der Waals surface area contributed by atoms with Crippen molar-refractivity contribution in [3.05, 3.63) is 28.6 Å². The van der Waals surface area contributed by atoms with Gasteiger partial charge in [-0.05, 0) is 17.7 Å². The van der Waals surface area contributed by atoms with Gasteiger partial charge in [-0.3, -0.25) is 4.79 Å². The number of carbonyl (C=O) groups is 1. The minimum Gasteiger partial charge on any atom is -0.497 e. The number of carboxylic acids is 1. The summed E-state index contributed by atoms with van der Waals surface area (Å²) in [4.78, 5) is 16.3. The van der Waals surface area contributed by atoms with E-state index in [2.05, 4.69) is 11.1 Å². The maximum absolute atomic E-state index is 10.6. The molecule has 0 amide bonds. The van der Waals surface area contributed by atoms with Gasteiger partial charge in [0.05, 0.1) is 18.6 Å². The Kier molecular flexibility index (Phi) is 3.20. The van der Waals surface area contributed by atoms with Gasteiger partial charge in [0.2, 0.25) is 0 Å². The first kappa shape index (κ1) is 12.5. The molecule has 0 bridgehead atoms. The van der Waals surface area contributed by atoms with Gasteiger partial charge in [0, 0.05) is 16.9 Å². The Morgan fingerprint density at radius 1 is 1.58 bits per heavy atom. The number of carboxylic acid groups (broad SMARTS) is 1. The van der Waals surface area contributed by atoms with Crippen molar-refractivity contribution in [1.29, 1.82) is 0 Å². The summed E-state index contributed by atoms with van der Waals surface area (Å²) in [5.41, 5.74) is 3.34. The van der Waals surface area contributed by atoms with Gasteiger partial charge < -0.3 is 9.84 Å². The zero-order chi connectivity index (χ0) is 13.4. The first-order valence-electron chi connectivity index (χ1n) is 5.69. The Hall–Kier alpha value is -1.53. The number of thioether (sulfide) groups is 1. The molecule has 6 heteroatoms. The van der Waals surface area contributed by atoms with Crippen molar-refractivity contribution in [2.24, 2.45) is 0 Å². The number of fused-ring (bicyclic) bond motifs is 3. The number of ether oxygens (including phenoxy) is 1. The summed E-state index contributed by atoms with van der Waals surface area (Å²) in [7, 11) is 1.65. The second-order valence-electron chi connectivity index (χ2n) is 4.13. The number of benzene rings is 1. The van der Waals surface area contributed by atoms with Crippen molar-refractivity contribution in [3.8, 4) is 17.0 Å². The van der Waals surface area contributed by atoms with Gasteiger partial charge >= 0.3 is 5.97 Å². The van der Waals surface area contributed by atoms with Crippen LogP contribution >= 0.6 is 23.1 Å². The highest BCUT2D eigenvalue weighted by Crippen LogP contribution is 2.43. The number of aliphatic carboxylic acids is 1. The average molecular weight is 293 g/mol. The number of thiazole rings is 1. The van der Waals surface area contributed by atoms with Crippen LogP contribution in [0.5, 0.6) is 5.75 Å². The molecule has 1 aromatic heterocycles. The number of hydrogen-bond donors (Lipinski definition) is 1. The molecule has 1 heterocycles. The van der Waals surface area contributed by atoms with Gasteiger partial charge in [-0.25, -0.2) is 4.98 Å². The first-order chi connectivity index (χ1) is 9.17. The lowest BCUT2D eigenvalue weighted by Gasteiger charge is -2.03. The fourth-order valence-electron chi connectivity index (χ4n) is 2.08. The van der Waals surface area contributed by atoms with Crippen LogP contribution in [0.4, 0.5) is 0 Å². The molecule has 0 unspecified atom stereocenters. The molecule has 3 rings (SSSR count). The topological polar surface area (TPSA) is 59.4 Å². The summed E-state index contributed by atoms with van der Waals surface area (Å²) in [6.07, 6.45) is 0.875. The molecule has 19 heavy (non-hydrogen) atoms. The van der Waals surface area contributed by atoms with Gasteiger partial charge in [-0.2, -0.15) is 0 Å². The lowest BCUT2D eigenvalue weighted by atomic mass is 10.1. The van der Waals surface area contributed by atoms with E-state index in [4.69, 9.17) is 9.84 Å². The van der Waals surface area contributed by atoms with E-state index in [1.807, 2.05) is 12.1 Å². The summed E-state index contributed by atoms with van der Waals surface area (Å²) >= 11 is 2.86. The van der Waals surface area contributed by atoms with E-state index in [9.17, 15) is 4.79 Å². The van der Waals surface area contributed by atoms with Crippen molar-refractivity contribution in [3.63, 3.8) is 0 Å². The summed E-state index contributed by atoms with van der Waals surface area (Å²) in [6, 6.07) is 6.01. The van der Waals surface area contributed by atoms with Gasteiger partial charge in [0.1, 0.15) is 5.75 Å². The third kappa shape index (κ3) is 2.33. The van der Waals surface area contributed by atoms with E-state index < -0.39 is 5.97 Å². The van der Waals surface area contributed by atoms with E-state index in [0.29, 0.717) is 0 Å². The molecule has 2 aromatic rings. The highest BCUT2D eigenvalue weighted by atomic mass is 32.2. The van der Waals surface area contributed by atoms with Crippen LogP contribution in [0.25, 0.3) is 11.3 Å². The van der Waals surface area contributed by atoms with Crippen molar-refractivity contribution in [1.82, 2.24) is 4.98 Å². The number of rotatable bonds is 4. The molecule has 0 fully saturated rings. The highest BCUT2D eigenvalue weighted by molar-refractivity contribution is 8.01.